The van der Waals surface area contributed by atoms with Crippen LogP contribution in [0.15, 0.2) is 40.8 Å². The van der Waals surface area contributed by atoms with Crippen LogP contribution in [0.5, 0.6) is 0 Å². The summed E-state index contributed by atoms with van der Waals surface area (Å²) in [5.74, 6) is 0.117. The van der Waals surface area contributed by atoms with Gasteiger partial charge in [0.1, 0.15) is 16.8 Å². The zero-order chi connectivity index (χ0) is 25.2. The first-order valence-corrected chi connectivity index (χ1v) is 12.2. The molecule has 35 heavy (non-hydrogen) atoms. The fourth-order valence-corrected chi connectivity index (χ4v) is 5.54. The molecule has 8 heteroatoms. The van der Waals surface area contributed by atoms with Gasteiger partial charge >= 0.3 is 5.97 Å². The predicted molar refractivity (Wildman–Crippen MR) is 132 cm³/mol. The standard InChI is InChI=1S/C27H26N2O5S/c1-27(2,3)18-8-10-20-21(13-28)25(35-23(20)12-18)29-24(31)15-33-26(32)17-6-4-16(5-7-17)22-11-9-19(14-30)34-22/h4-7,9,11,14,18H,8,10,12,15H2,1-3H3,(H,29,31)/t18-/m1/s1. The van der Waals surface area contributed by atoms with Crippen LogP contribution in [0.25, 0.3) is 11.3 Å². The van der Waals surface area contributed by atoms with E-state index >= 15 is 0 Å². The number of esters is 1. The van der Waals surface area contributed by atoms with E-state index in [1.165, 1.54) is 11.3 Å². The first-order chi connectivity index (χ1) is 16.7. The van der Waals surface area contributed by atoms with Gasteiger partial charge < -0.3 is 14.5 Å². The number of nitriles is 1. The average molecular weight is 491 g/mol. The second-order valence-electron chi connectivity index (χ2n) is 9.65. The number of carbonyl (C=O) groups is 3. The number of aldehydes is 1. The summed E-state index contributed by atoms with van der Waals surface area (Å²) in [5.41, 5.74) is 2.71. The van der Waals surface area contributed by atoms with Gasteiger partial charge in [0, 0.05) is 10.4 Å². The van der Waals surface area contributed by atoms with Crippen LogP contribution < -0.4 is 5.32 Å². The van der Waals surface area contributed by atoms with E-state index in [1.54, 1.807) is 36.4 Å². The molecule has 0 bridgehead atoms. The van der Waals surface area contributed by atoms with Gasteiger partial charge in [-0.25, -0.2) is 4.79 Å². The number of thiophene rings is 1. The molecule has 2 heterocycles. The number of ether oxygens (including phenoxy) is 1. The minimum Gasteiger partial charge on any atom is -0.453 e. The number of furan rings is 1. The van der Waals surface area contributed by atoms with Crippen LogP contribution in [0.1, 0.15) is 64.1 Å². The molecule has 1 amide bonds. The highest BCUT2D eigenvalue weighted by Crippen LogP contribution is 2.44. The summed E-state index contributed by atoms with van der Waals surface area (Å²) < 4.78 is 10.5. The highest BCUT2D eigenvalue weighted by Gasteiger charge is 2.32. The molecule has 3 aromatic rings. The Balaban J connectivity index is 1.36. The van der Waals surface area contributed by atoms with Gasteiger partial charge in [0.2, 0.25) is 0 Å². The maximum absolute atomic E-state index is 12.5. The minimum absolute atomic E-state index is 0.181. The van der Waals surface area contributed by atoms with Crippen LogP contribution in [0, 0.1) is 22.7 Å². The first kappa shape index (κ1) is 24.4. The lowest BCUT2D eigenvalue weighted by Gasteiger charge is -2.33. The van der Waals surface area contributed by atoms with E-state index in [-0.39, 0.29) is 16.7 Å². The van der Waals surface area contributed by atoms with Crippen molar-refractivity contribution >= 4 is 34.5 Å². The van der Waals surface area contributed by atoms with E-state index in [9.17, 15) is 19.6 Å². The topological polar surface area (TPSA) is 109 Å². The molecule has 0 unspecified atom stereocenters. The molecule has 0 aliphatic heterocycles. The summed E-state index contributed by atoms with van der Waals surface area (Å²) in [6.07, 6.45) is 3.36. The van der Waals surface area contributed by atoms with E-state index < -0.39 is 18.5 Å². The number of benzene rings is 1. The number of anilines is 1. The Morgan fingerprint density at radius 2 is 1.97 bits per heavy atom. The Hall–Kier alpha value is -3.70. The van der Waals surface area contributed by atoms with E-state index in [1.807, 2.05) is 0 Å². The molecule has 0 saturated heterocycles. The maximum Gasteiger partial charge on any atom is 0.338 e. The van der Waals surface area contributed by atoms with Gasteiger partial charge in [-0.3, -0.25) is 9.59 Å². The van der Waals surface area contributed by atoms with Crippen LogP contribution >= 0.6 is 11.3 Å². The van der Waals surface area contributed by atoms with Crippen LogP contribution in [0.4, 0.5) is 5.00 Å². The third-order valence-electron chi connectivity index (χ3n) is 6.34. The predicted octanol–water partition coefficient (Wildman–Crippen LogP) is 5.64. The summed E-state index contributed by atoms with van der Waals surface area (Å²) in [6.45, 7) is 6.23. The van der Waals surface area contributed by atoms with Gasteiger partial charge in [-0.2, -0.15) is 5.26 Å². The smallest absolute Gasteiger partial charge is 0.338 e. The molecule has 0 spiro atoms. The molecular weight excluding hydrogens is 464 g/mol. The summed E-state index contributed by atoms with van der Waals surface area (Å²) >= 11 is 1.44. The largest absolute Gasteiger partial charge is 0.453 e. The van der Waals surface area contributed by atoms with Gasteiger partial charge in [-0.15, -0.1) is 11.3 Å². The van der Waals surface area contributed by atoms with Crippen molar-refractivity contribution in [2.45, 2.75) is 40.0 Å². The summed E-state index contributed by atoms with van der Waals surface area (Å²) in [6, 6.07) is 11.9. The van der Waals surface area contributed by atoms with Crippen molar-refractivity contribution in [3.8, 4) is 17.4 Å². The van der Waals surface area contributed by atoms with Crippen molar-refractivity contribution < 1.29 is 23.5 Å². The molecule has 1 aliphatic rings. The highest BCUT2D eigenvalue weighted by molar-refractivity contribution is 7.16. The number of carbonyl (C=O) groups excluding carboxylic acids is 3. The SMILES string of the molecule is CC(C)(C)[C@@H]1CCc2c(sc(NC(=O)COC(=O)c3ccc(-c4ccc(C=O)o4)cc3)c2C#N)C1. The van der Waals surface area contributed by atoms with Crippen molar-refractivity contribution in [1.29, 1.82) is 5.26 Å². The zero-order valence-electron chi connectivity index (χ0n) is 19.8. The molecule has 4 rings (SSSR count). The molecule has 180 valence electrons. The monoisotopic (exact) mass is 490 g/mol. The molecule has 1 atom stereocenters. The zero-order valence-corrected chi connectivity index (χ0v) is 20.7. The Labute approximate surface area is 207 Å². The third-order valence-corrected chi connectivity index (χ3v) is 7.51. The molecule has 0 radical (unpaired) electrons. The molecule has 1 aromatic carbocycles. The van der Waals surface area contributed by atoms with E-state index in [4.69, 9.17) is 9.15 Å². The van der Waals surface area contributed by atoms with Crippen LogP contribution in [0.3, 0.4) is 0 Å². The van der Waals surface area contributed by atoms with Crippen molar-refractivity contribution in [1.82, 2.24) is 0 Å². The molecule has 0 fully saturated rings. The number of hydrogen-bond acceptors (Lipinski definition) is 7. The highest BCUT2D eigenvalue weighted by atomic mass is 32.1. The average Bonchev–Trinajstić information content (AvgIpc) is 3.45. The quantitative estimate of drug-likeness (QED) is 0.354. The maximum atomic E-state index is 12.5. The first-order valence-electron chi connectivity index (χ1n) is 11.4. The fraction of sp³-hybridized carbons (Fsp3) is 0.333. The Kier molecular flexibility index (Phi) is 6.90. The van der Waals surface area contributed by atoms with Gasteiger partial charge in [0.25, 0.3) is 5.91 Å². The molecule has 0 saturated carbocycles. The van der Waals surface area contributed by atoms with Crippen molar-refractivity contribution in [2.75, 3.05) is 11.9 Å². The van der Waals surface area contributed by atoms with Crippen LogP contribution in [0.2, 0.25) is 0 Å². The Morgan fingerprint density at radius 1 is 1.23 bits per heavy atom. The number of hydrogen-bond donors (Lipinski definition) is 1. The van der Waals surface area contributed by atoms with Crippen molar-refractivity contribution in [3.05, 3.63) is 63.7 Å². The Morgan fingerprint density at radius 3 is 2.60 bits per heavy atom. The van der Waals surface area contributed by atoms with Gasteiger partial charge in [0.15, 0.2) is 18.7 Å². The van der Waals surface area contributed by atoms with Gasteiger partial charge in [-0.1, -0.05) is 32.9 Å². The lowest BCUT2D eigenvalue weighted by Crippen LogP contribution is -2.26. The summed E-state index contributed by atoms with van der Waals surface area (Å²) in [7, 11) is 0. The molecular formula is C27H26N2O5S. The normalized spacial score (nSPS) is 15.1. The minimum atomic E-state index is -0.640. The van der Waals surface area contributed by atoms with Crippen molar-refractivity contribution in [2.24, 2.45) is 11.3 Å². The van der Waals surface area contributed by atoms with E-state index in [0.717, 1.165) is 29.7 Å². The third kappa shape index (κ3) is 5.36. The van der Waals surface area contributed by atoms with Crippen LogP contribution in [-0.2, 0) is 22.4 Å². The number of nitrogens with zero attached hydrogens (tertiary/aromatic N) is 1. The summed E-state index contributed by atoms with van der Waals surface area (Å²) in [4.78, 5) is 36.8. The van der Waals surface area contributed by atoms with Crippen LogP contribution in [-0.4, -0.2) is 24.8 Å². The molecule has 7 nitrogen and oxygen atoms in total. The fourth-order valence-electron chi connectivity index (χ4n) is 4.25. The second-order valence-corrected chi connectivity index (χ2v) is 10.8. The molecule has 2 aromatic heterocycles. The lowest BCUT2D eigenvalue weighted by atomic mass is 9.72. The lowest BCUT2D eigenvalue weighted by molar-refractivity contribution is -0.119. The Bertz CT molecular complexity index is 1300. The number of fused-ring (bicyclic) bond motifs is 1. The van der Waals surface area contributed by atoms with E-state index in [2.05, 4.69) is 32.2 Å². The molecule has 1 N–H and O–H groups in total. The van der Waals surface area contributed by atoms with Crippen molar-refractivity contribution in [3.63, 3.8) is 0 Å². The number of amides is 1. The van der Waals surface area contributed by atoms with E-state index in [0.29, 0.717) is 34.1 Å². The molecule has 1 aliphatic carbocycles. The number of rotatable bonds is 6. The van der Waals surface area contributed by atoms with Gasteiger partial charge in [-0.05, 0) is 60.4 Å². The number of nitrogens with one attached hydrogen (secondary N) is 1. The van der Waals surface area contributed by atoms with Gasteiger partial charge in [0.05, 0.1) is 11.1 Å². The summed E-state index contributed by atoms with van der Waals surface area (Å²) in [5, 5.41) is 13.0. The second kappa shape index (κ2) is 9.88.